The van der Waals surface area contributed by atoms with Gasteiger partial charge in [-0.3, -0.25) is 0 Å². The van der Waals surface area contributed by atoms with Crippen LogP contribution in [0.1, 0.15) is 17.8 Å². The zero-order valence-corrected chi connectivity index (χ0v) is 11.1. The van der Waals surface area contributed by atoms with E-state index in [1.54, 1.807) is 11.3 Å². The van der Waals surface area contributed by atoms with E-state index in [9.17, 15) is 0 Å². The molecule has 1 aromatic heterocycles. The number of morpholine rings is 1. The first-order valence-corrected chi connectivity index (χ1v) is 6.76. The second-order valence-electron chi connectivity index (χ2n) is 3.62. The molecule has 0 amide bonds. The molecule has 0 bridgehead atoms. The molecule has 2 rings (SSSR count). The van der Waals surface area contributed by atoms with Crippen molar-refractivity contribution in [3.63, 3.8) is 0 Å². The summed E-state index contributed by atoms with van der Waals surface area (Å²) < 4.78 is 6.47. The zero-order chi connectivity index (χ0) is 10.7. The Kier molecular flexibility index (Phi) is 4.16. The molecule has 0 spiro atoms. The molecule has 1 fully saturated rings. The van der Waals surface area contributed by atoms with Crippen LogP contribution in [0.25, 0.3) is 0 Å². The maximum atomic E-state index is 5.30. The van der Waals surface area contributed by atoms with Gasteiger partial charge in [-0.2, -0.15) is 0 Å². The molecule has 84 valence electrons. The van der Waals surface area contributed by atoms with Crippen LogP contribution in [0, 0.1) is 0 Å². The zero-order valence-electron chi connectivity index (χ0n) is 8.70. The van der Waals surface area contributed by atoms with Crippen molar-refractivity contribution in [2.45, 2.75) is 13.0 Å². The topological polar surface area (TPSA) is 24.5 Å². The number of nitrogens with zero attached hydrogens (tertiary/aromatic N) is 1. The molecule has 0 aromatic carbocycles. The summed E-state index contributed by atoms with van der Waals surface area (Å²) in [4.78, 5) is 1.35. The Balaban J connectivity index is 1.88. The Morgan fingerprint density at radius 2 is 2.27 bits per heavy atom. The van der Waals surface area contributed by atoms with E-state index in [4.69, 9.17) is 4.74 Å². The minimum Gasteiger partial charge on any atom is -0.379 e. The lowest BCUT2D eigenvalue weighted by atomic mass is 10.3. The average Bonchev–Trinajstić information content (AvgIpc) is 2.66. The number of hydrogen-bond donors (Lipinski definition) is 1. The number of hydrogen-bond acceptors (Lipinski definition) is 4. The van der Waals surface area contributed by atoms with Crippen LogP contribution in [0.15, 0.2) is 15.9 Å². The lowest BCUT2D eigenvalue weighted by molar-refractivity contribution is 0.00511. The Morgan fingerprint density at radius 1 is 1.53 bits per heavy atom. The molecule has 1 aliphatic rings. The highest BCUT2D eigenvalue weighted by molar-refractivity contribution is 9.10. The predicted molar refractivity (Wildman–Crippen MR) is 66.0 cm³/mol. The van der Waals surface area contributed by atoms with E-state index in [1.807, 2.05) is 0 Å². The Labute approximate surface area is 103 Å². The van der Waals surface area contributed by atoms with E-state index in [0.717, 1.165) is 30.8 Å². The Morgan fingerprint density at radius 3 is 2.87 bits per heavy atom. The van der Waals surface area contributed by atoms with Gasteiger partial charge in [-0.25, -0.2) is 10.4 Å². The first-order valence-electron chi connectivity index (χ1n) is 5.08. The monoisotopic (exact) mass is 290 g/mol. The standard InChI is InChI=1S/C10H15BrN2OS/c1-8(10-6-9(11)7-15-10)12-13-2-4-14-5-3-13/h6-8,12H,2-5H2,1H3. The summed E-state index contributed by atoms with van der Waals surface area (Å²) in [6.07, 6.45) is 0. The minimum absolute atomic E-state index is 0.374. The summed E-state index contributed by atoms with van der Waals surface area (Å²) in [5, 5.41) is 4.36. The fourth-order valence-corrected chi connectivity index (χ4v) is 3.03. The molecule has 15 heavy (non-hydrogen) atoms. The summed E-state index contributed by atoms with van der Waals surface area (Å²) in [5.41, 5.74) is 3.49. The molecule has 1 aromatic rings. The van der Waals surface area contributed by atoms with E-state index < -0.39 is 0 Å². The van der Waals surface area contributed by atoms with Crippen LogP contribution < -0.4 is 5.43 Å². The molecular formula is C10H15BrN2OS. The molecular weight excluding hydrogens is 276 g/mol. The van der Waals surface area contributed by atoms with Gasteiger partial charge in [0.25, 0.3) is 0 Å². The van der Waals surface area contributed by atoms with Crippen LogP contribution in [0.5, 0.6) is 0 Å². The molecule has 3 nitrogen and oxygen atoms in total. The van der Waals surface area contributed by atoms with Crippen LogP contribution in [0.4, 0.5) is 0 Å². The van der Waals surface area contributed by atoms with Crippen molar-refractivity contribution in [2.24, 2.45) is 0 Å². The number of nitrogens with one attached hydrogen (secondary N) is 1. The normalized spacial score (nSPS) is 20.4. The van der Waals surface area contributed by atoms with Crippen molar-refractivity contribution in [3.05, 3.63) is 20.8 Å². The van der Waals surface area contributed by atoms with E-state index in [1.165, 1.54) is 4.88 Å². The summed E-state index contributed by atoms with van der Waals surface area (Å²) >= 11 is 5.25. The van der Waals surface area contributed by atoms with Crippen molar-refractivity contribution < 1.29 is 4.74 Å². The van der Waals surface area contributed by atoms with Gasteiger partial charge in [-0.05, 0) is 28.9 Å². The van der Waals surface area contributed by atoms with E-state index in [-0.39, 0.29) is 0 Å². The quantitative estimate of drug-likeness (QED) is 0.925. The lowest BCUT2D eigenvalue weighted by Gasteiger charge is -2.29. The van der Waals surface area contributed by atoms with E-state index >= 15 is 0 Å². The van der Waals surface area contributed by atoms with Gasteiger partial charge in [0.2, 0.25) is 0 Å². The molecule has 2 heterocycles. The second-order valence-corrected chi connectivity index (χ2v) is 5.48. The van der Waals surface area contributed by atoms with Gasteiger partial charge < -0.3 is 4.74 Å². The van der Waals surface area contributed by atoms with Crippen LogP contribution in [0.3, 0.4) is 0 Å². The number of hydrazine groups is 1. The molecule has 0 saturated carbocycles. The molecule has 1 aliphatic heterocycles. The fraction of sp³-hybridized carbons (Fsp3) is 0.600. The van der Waals surface area contributed by atoms with E-state index in [0.29, 0.717) is 6.04 Å². The Bertz CT molecular complexity index is 312. The maximum Gasteiger partial charge on any atom is 0.0608 e. The van der Waals surface area contributed by atoms with Gasteiger partial charge in [0.05, 0.1) is 19.3 Å². The van der Waals surface area contributed by atoms with Crippen LogP contribution >= 0.6 is 27.3 Å². The van der Waals surface area contributed by atoms with Crippen molar-refractivity contribution in [1.29, 1.82) is 0 Å². The number of halogens is 1. The number of thiophene rings is 1. The fourth-order valence-electron chi connectivity index (χ4n) is 1.59. The van der Waals surface area contributed by atoms with Crippen molar-refractivity contribution in [3.8, 4) is 0 Å². The minimum atomic E-state index is 0.374. The Hall–Kier alpha value is 0.0600. The van der Waals surface area contributed by atoms with Crippen molar-refractivity contribution in [1.82, 2.24) is 10.4 Å². The first kappa shape index (κ1) is 11.5. The largest absolute Gasteiger partial charge is 0.379 e. The molecule has 1 N–H and O–H groups in total. The van der Waals surface area contributed by atoms with Gasteiger partial charge in [0.1, 0.15) is 0 Å². The molecule has 1 unspecified atom stereocenters. The number of rotatable bonds is 3. The van der Waals surface area contributed by atoms with Gasteiger partial charge in [-0.1, -0.05) is 0 Å². The summed E-state index contributed by atoms with van der Waals surface area (Å²) in [7, 11) is 0. The molecule has 0 aliphatic carbocycles. The molecule has 0 radical (unpaired) electrons. The van der Waals surface area contributed by atoms with Gasteiger partial charge >= 0.3 is 0 Å². The van der Waals surface area contributed by atoms with Gasteiger partial charge in [-0.15, -0.1) is 11.3 Å². The maximum absolute atomic E-state index is 5.30. The van der Waals surface area contributed by atoms with Crippen molar-refractivity contribution in [2.75, 3.05) is 26.3 Å². The lowest BCUT2D eigenvalue weighted by Crippen LogP contribution is -2.46. The summed E-state index contributed by atoms with van der Waals surface area (Å²) in [5.74, 6) is 0. The van der Waals surface area contributed by atoms with Crippen molar-refractivity contribution >= 4 is 27.3 Å². The van der Waals surface area contributed by atoms with Crippen LogP contribution in [-0.4, -0.2) is 31.3 Å². The van der Waals surface area contributed by atoms with Gasteiger partial charge in [0, 0.05) is 27.8 Å². The summed E-state index contributed by atoms with van der Waals surface area (Å²) in [6.45, 7) is 5.78. The highest BCUT2D eigenvalue weighted by Crippen LogP contribution is 2.25. The third kappa shape index (κ3) is 3.26. The highest BCUT2D eigenvalue weighted by Gasteiger charge is 2.14. The third-order valence-corrected chi connectivity index (χ3v) is 4.28. The first-order chi connectivity index (χ1) is 7.25. The second kappa shape index (κ2) is 5.41. The van der Waals surface area contributed by atoms with E-state index in [2.05, 4.69) is 44.7 Å². The van der Waals surface area contributed by atoms with Crippen LogP contribution in [-0.2, 0) is 4.74 Å². The van der Waals surface area contributed by atoms with Crippen LogP contribution in [0.2, 0.25) is 0 Å². The SMILES string of the molecule is CC(NN1CCOCC1)c1cc(Br)cs1. The molecule has 5 heteroatoms. The van der Waals surface area contributed by atoms with Gasteiger partial charge in [0.15, 0.2) is 0 Å². The smallest absolute Gasteiger partial charge is 0.0608 e. The molecule has 1 atom stereocenters. The predicted octanol–water partition coefficient (Wildman–Crippen LogP) is 2.41. The average molecular weight is 291 g/mol. The number of ether oxygens (including phenoxy) is 1. The highest BCUT2D eigenvalue weighted by atomic mass is 79.9. The third-order valence-electron chi connectivity index (χ3n) is 2.40. The summed E-state index contributed by atoms with van der Waals surface area (Å²) in [6, 6.07) is 2.54. The molecule has 1 saturated heterocycles.